The number of hydrogen-bond donors (Lipinski definition) is 1. The summed E-state index contributed by atoms with van der Waals surface area (Å²) in [6.45, 7) is -0.00984. The van der Waals surface area contributed by atoms with Crippen LogP contribution in [0.1, 0.15) is 11.1 Å². The molecule has 0 heterocycles. The van der Waals surface area contributed by atoms with E-state index >= 15 is 0 Å². The molecule has 0 aliphatic carbocycles. The van der Waals surface area contributed by atoms with Crippen molar-refractivity contribution in [2.24, 2.45) is 0 Å². The minimum atomic E-state index is -0.609. The maximum Gasteiger partial charge on any atom is 0.287 e. The second-order valence-corrected chi connectivity index (χ2v) is 4.23. The molecule has 0 aliphatic heterocycles. The molecule has 21 heavy (non-hydrogen) atoms. The number of aliphatic hydroxyl groups excluding tert-OH is 1. The first-order valence-corrected chi connectivity index (χ1v) is 6.21. The summed E-state index contributed by atoms with van der Waals surface area (Å²) in [5.74, 6) is 0.881. The number of ether oxygens (including phenoxy) is 1. The van der Waals surface area contributed by atoms with E-state index in [-0.39, 0.29) is 17.9 Å². The molecule has 0 saturated carbocycles. The van der Waals surface area contributed by atoms with Crippen LogP contribution in [-0.4, -0.2) is 16.6 Å². The zero-order chi connectivity index (χ0) is 15.2. The lowest BCUT2D eigenvalue weighted by Gasteiger charge is -2.10. The summed E-state index contributed by atoms with van der Waals surface area (Å²) in [7, 11) is 0. The summed E-state index contributed by atoms with van der Waals surface area (Å²) in [5, 5.41) is 28.7. The van der Waals surface area contributed by atoms with Crippen LogP contribution in [0, 0.1) is 21.4 Å². The van der Waals surface area contributed by atoms with Gasteiger partial charge < -0.3 is 9.84 Å². The molecule has 6 nitrogen and oxygen atoms in total. The lowest BCUT2D eigenvalue weighted by Crippen LogP contribution is -1.96. The van der Waals surface area contributed by atoms with Crippen LogP contribution in [0.2, 0.25) is 0 Å². The maximum absolute atomic E-state index is 10.8. The number of rotatable bonds is 5. The van der Waals surface area contributed by atoms with Gasteiger partial charge in [-0.1, -0.05) is 18.2 Å². The standard InChI is InChI=1S/C15H12N2O4/c16-10-12-9-13(5-6-14(12)17(19)20)21-15-4-2-1-3-11(15)7-8-18/h1-6,9,18H,7-8H2. The molecule has 0 aromatic heterocycles. The molecule has 0 amide bonds. The first-order chi connectivity index (χ1) is 10.2. The smallest absolute Gasteiger partial charge is 0.287 e. The Balaban J connectivity index is 2.33. The first-order valence-electron chi connectivity index (χ1n) is 6.21. The number of para-hydroxylation sites is 1. The third kappa shape index (κ3) is 3.35. The van der Waals surface area contributed by atoms with Crippen molar-refractivity contribution in [1.82, 2.24) is 0 Å². The van der Waals surface area contributed by atoms with Crippen LogP contribution in [0.3, 0.4) is 0 Å². The number of nitriles is 1. The Hall–Kier alpha value is -2.91. The summed E-state index contributed by atoms with van der Waals surface area (Å²) in [6, 6.07) is 13.0. The highest BCUT2D eigenvalue weighted by Crippen LogP contribution is 2.29. The van der Waals surface area contributed by atoms with E-state index in [0.717, 1.165) is 5.56 Å². The number of hydrogen-bond acceptors (Lipinski definition) is 5. The van der Waals surface area contributed by atoms with Crippen molar-refractivity contribution in [3.63, 3.8) is 0 Å². The Morgan fingerprint density at radius 2 is 2.05 bits per heavy atom. The molecule has 6 heteroatoms. The van der Waals surface area contributed by atoms with Crippen LogP contribution < -0.4 is 4.74 Å². The summed E-state index contributed by atoms with van der Waals surface area (Å²) in [6.07, 6.45) is 0.439. The monoisotopic (exact) mass is 284 g/mol. The third-order valence-corrected chi connectivity index (χ3v) is 2.87. The predicted octanol–water partition coefficient (Wildman–Crippen LogP) is 2.79. The highest BCUT2D eigenvalue weighted by Gasteiger charge is 2.15. The second kappa shape index (κ2) is 6.50. The fourth-order valence-corrected chi connectivity index (χ4v) is 1.88. The van der Waals surface area contributed by atoms with Gasteiger partial charge in [-0.05, 0) is 24.1 Å². The highest BCUT2D eigenvalue weighted by molar-refractivity contribution is 5.53. The Morgan fingerprint density at radius 3 is 2.71 bits per heavy atom. The van der Waals surface area contributed by atoms with Gasteiger partial charge in [0.2, 0.25) is 0 Å². The molecule has 0 spiro atoms. The topological polar surface area (TPSA) is 96.4 Å². The van der Waals surface area contributed by atoms with E-state index in [0.29, 0.717) is 17.9 Å². The van der Waals surface area contributed by atoms with Gasteiger partial charge in [0.05, 0.1) is 4.92 Å². The summed E-state index contributed by atoms with van der Waals surface area (Å²) < 4.78 is 5.65. The summed E-state index contributed by atoms with van der Waals surface area (Å²) in [5.41, 5.74) is 0.502. The van der Waals surface area contributed by atoms with Gasteiger partial charge >= 0.3 is 0 Å². The molecule has 0 atom stereocenters. The molecule has 0 bridgehead atoms. The molecule has 0 saturated heterocycles. The largest absolute Gasteiger partial charge is 0.457 e. The van der Waals surface area contributed by atoms with Gasteiger partial charge in [0.25, 0.3) is 5.69 Å². The number of benzene rings is 2. The maximum atomic E-state index is 10.8. The van der Waals surface area contributed by atoms with Gasteiger partial charge in [-0.2, -0.15) is 5.26 Å². The zero-order valence-corrected chi connectivity index (χ0v) is 11.0. The van der Waals surface area contributed by atoms with Gasteiger partial charge in [-0.15, -0.1) is 0 Å². The van der Waals surface area contributed by atoms with Crippen molar-refractivity contribution in [1.29, 1.82) is 5.26 Å². The van der Waals surface area contributed by atoms with E-state index < -0.39 is 4.92 Å². The minimum absolute atomic E-state index is 0.00984. The minimum Gasteiger partial charge on any atom is -0.457 e. The third-order valence-electron chi connectivity index (χ3n) is 2.87. The van der Waals surface area contributed by atoms with E-state index in [9.17, 15) is 10.1 Å². The number of aliphatic hydroxyl groups is 1. The van der Waals surface area contributed by atoms with Crippen LogP contribution in [0.5, 0.6) is 11.5 Å². The SMILES string of the molecule is N#Cc1cc(Oc2ccccc2CCO)ccc1[N+](=O)[O-]. The summed E-state index contributed by atoms with van der Waals surface area (Å²) >= 11 is 0. The molecule has 0 aliphatic rings. The van der Waals surface area contributed by atoms with Gasteiger partial charge in [0.1, 0.15) is 23.1 Å². The number of nitro benzene ring substituents is 1. The quantitative estimate of drug-likeness (QED) is 0.672. The van der Waals surface area contributed by atoms with Crippen molar-refractivity contribution in [3.8, 4) is 17.6 Å². The van der Waals surface area contributed by atoms with E-state index in [1.165, 1.54) is 18.2 Å². The normalized spacial score (nSPS) is 9.90. The molecule has 106 valence electrons. The highest BCUT2D eigenvalue weighted by atomic mass is 16.6. The van der Waals surface area contributed by atoms with Crippen LogP contribution in [-0.2, 0) is 6.42 Å². The Labute approximate surface area is 121 Å². The molecule has 0 unspecified atom stereocenters. The molecule has 1 N–H and O–H groups in total. The number of nitro groups is 1. The average Bonchev–Trinajstić information content (AvgIpc) is 2.49. The Kier molecular flexibility index (Phi) is 4.49. The number of nitrogens with zero attached hydrogens (tertiary/aromatic N) is 2. The van der Waals surface area contributed by atoms with Crippen molar-refractivity contribution in [2.75, 3.05) is 6.61 Å². The Morgan fingerprint density at radius 1 is 1.29 bits per heavy atom. The van der Waals surface area contributed by atoms with Gasteiger partial charge in [0, 0.05) is 18.7 Å². The van der Waals surface area contributed by atoms with E-state index in [1.54, 1.807) is 18.2 Å². The predicted molar refractivity (Wildman–Crippen MR) is 75.1 cm³/mol. The van der Waals surface area contributed by atoms with Crippen molar-refractivity contribution in [3.05, 3.63) is 63.7 Å². The Bertz CT molecular complexity index is 707. The lowest BCUT2D eigenvalue weighted by molar-refractivity contribution is -0.385. The first kappa shape index (κ1) is 14.5. The van der Waals surface area contributed by atoms with Crippen LogP contribution in [0.15, 0.2) is 42.5 Å². The van der Waals surface area contributed by atoms with Crippen LogP contribution in [0.4, 0.5) is 5.69 Å². The second-order valence-electron chi connectivity index (χ2n) is 4.23. The average molecular weight is 284 g/mol. The van der Waals surface area contributed by atoms with E-state index in [1.807, 2.05) is 12.1 Å². The molecule has 2 aromatic carbocycles. The van der Waals surface area contributed by atoms with Crippen molar-refractivity contribution in [2.45, 2.75) is 6.42 Å². The molecule has 2 aromatic rings. The van der Waals surface area contributed by atoms with Crippen molar-refractivity contribution >= 4 is 5.69 Å². The zero-order valence-electron chi connectivity index (χ0n) is 11.0. The van der Waals surface area contributed by atoms with E-state index in [4.69, 9.17) is 15.1 Å². The van der Waals surface area contributed by atoms with Gasteiger partial charge in [-0.25, -0.2) is 0 Å². The molecule has 0 radical (unpaired) electrons. The van der Waals surface area contributed by atoms with Gasteiger partial charge in [0.15, 0.2) is 0 Å². The van der Waals surface area contributed by atoms with Crippen LogP contribution >= 0.6 is 0 Å². The fourth-order valence-electron chi connectivity index (χ4n) is 1.88. The van der Waals surface area contributed by atoms with Gasteiger partial charge in [-0.3, -0.25) is 10.1 Å². The fraction of sp³-hybridized carbons (Fsp3) is 0.133. The van der Waals surface area contributed by atoms with Crippen molar-refractivity contribution < 1.29 is 14.8 Å². The molecular formula is C15H12N2O4. The van der Waals surface area contributed by atoms with Crippen LogP contribution in [0.25, 0.3) is 0 Å². The summed E-state index contributed by atoms with van der Waals surface area (Å²) in [4.78, 5) is 10.2. The molecule has 0 fully saturated rings. The molecule has 2 rings (SSSR count). The van der Waals surface area contributed by atoms with E-state index in [2.05, 4.69) is 0 Å². The molecular weight excluding hydrogens is 272 g/mol. The lowest BCUT2D eigenvalue weighted by atomic mass is 10.1.